The summed E-state index contributed by atoms with van der Waals surface area (Å²) in [6.07, 6.45) is 10.5. The second-order valence-corrected chi connectivity index (χ2v) is 14.1. The zero-order chi connectivity index (χ0) is 32.0. The van der Waals surface area contributed by atoms with Crippen molar-refractivity contribution in [3.05, 3.63) is 173 Å². The van der Waals surface area contributed by atoms with Crippen LogP contribution in [0.2, 0.25) is 0 Å². The lowest BCUT2D eigenvalue weighted by atomic mass is 9.76. The lowest BCUT2D eigenvalue weighted by Crippen LogP contribution is -2.17. The lowest BCUT2D eigenvalue weighted by molar-refractivity contribution is 0.660. The average Bonchev–Trinajstić information content (AvgIpc) is 3.36. The highest BCUT2D eigenvalue weighted by Crippen LogP contribution is 2.53. The van der Waals surface area contributed by atoms with E-state index in [4.69, 9.17) is 0 Å². The van der Waals surface area contributed by atoms with E-state index in [0.29, 0.717) is 5.92 Å². The molecule has 0 heterocycles. The van der Waals surface area contributed by atoms with Gasteiger partial charge in [0.1, 0.15) is 0 Å². The molecule has 0 aromatic heterocycles. The van der Waals surface area contributed by atoms with Gasteiger partial charge in [-0.2, -0.15) is 0 Å². The number of nitrogens with zero attached hydrogens (tertiary/aromatic N) is 1. The summed E-state index contributed by atoms with van der Waals surface area (Å²) in [5, 5.41) is 5.26. The van der Waals surface area contributed by atoms with Crippen molar-refractivity contribution in [1.29, 1.82) is 0 Å². The Hall–Kier alpha value is -5.66. The molecule has 0 amide bonds. The van der Waals surface area contributed by atoms with Crippen LogP contribution in [0.15, 0.2) is 146 Å². The molecule has 3 aliphatic rings. The molecular formula is C47H35N. The predicted molar refractivity (Wildman–Crippen MR) is 205 cm³/mol. The molecule has 0 radical (unpaired) electrons. The molecule has 1 nitrogen and oxygen atoms in total. The minimum absolute atomic E-state index is 0.156. The molecule has 7 aromatic rings. The third kappa shape index (κ3) is 3.91. The first-order valence-electron chi connectivity index (χ1n) is 17.1. The summed E-state index contributed by atoms with van der Waals surface area (Å²) >= 11 is 0. The largest absolute Gasteiger partial charge is 0.310 e. The van der Waals surface area contributed by atoms with Gasteiger partial charge in [0.25, 0.3) is 0 Å². The number of benzene rings is 7. The third-order valence-electron chi connectivity index (χ3n) is 11.1. The van der Waals surface area contributed by atoms with Crippen LogP contribution in [0.1, 0.15) is 54.0 Å². The van der Waals surface area contributed by atoms with Crippen molar-refractivity contribution in [2.24, 2.45) is 0 Å². The number of fused-ring (bicyclic) bond motifs is 4. The van der Waals surface area contributed by atoms with Crippen LogP contribution in [-0.4, -0.2) is 0 Å². The van der Waals surface area contributed by atoms with Crippen molar-refractivity contribution in [2.45, 2.75) is 31.6 Å². The SMILES string of the molecule is CC1(C)c2cc(-c3ccc4ccc5c6c4c3C=CC6CC=C5)ccc2-c2ccc(N(c3ccccc3)c3cccc4ccccc34)cc21. The number of para-hydroxylation sites is 1. The zero-order valence-electron chi connectivity index (χ0n) is 27.2. The van der Waals surface area contributed by atoms with E-state index in [1.165, 1.54) is 83.0 Å². The van der Waals surface area contributed by atoms with Gasteiger partial charge in [-0.15, -0.1) is 0 Å². The van der Waals surface area contributed by atoms with Crippen molar-refractivity contribution < 1.29 is 0 Å². The summed E-state index contributed by atoms with van der Waals surface area (Å²) in [6.45, 7) is 4.79. The van der Waals surface area contributed by atoms with Crippen molar-refractivity contribution in [1.82, 2.24) is 0 Å². The molecule has 0 fully saturated rings. The fraction of sp³-hybridized carbons (Fsp3) is 0.106. The van der Waals surface area contributed by atoms with Gasteiger partial charge in [-0.3, -0.25) is 0 Å². The van der Waals surface area contributed by atoms with Crippen LogP contribution in [-0.2, 0) is 5.41 Å². The molecular weight excluding hydrogens is 579 g/mol. The Bertz CT molecular complexity index is 2510. The van der Waals surface area contributed by atoms with E-state index in [9.17, 15) is 0 Å². The average molecular weight is 614 g/mol. The van der Waals surface area contributed by atoms with E-state index in [0.717, 1.165) is 12.1 Å². The molecule has 48 heavy (non-hydrogen) atoms. The predicted octanol–water partition coefficient (Wildman–Crippen LogP) is 13.0. The smallest absolute Gasteiger partial charge is 0.0540 e. The molecule has 1 atom stereocenters. The highest BCUT2D eigenvalue weighted by Gasteiger charge is 2.36. The molecule has 0 saturated heterocycles. The van der Waals surface area contributed by atoms with Crippen molar-refractivity contribution >= 4 is 50.8 Å². The Labute approximate surface area is 282 Å². The summed E-state index contributed by atoms with van der Waals surface area (Å²) in [6, 6.07) is 49.6. The number of anilines is 3. The first-order chi connectivity index (χ1) is 23.6. The normalized spacial score (nSPS) is 16.2. The fourth-order valence-corrected chi connectivity index (χ4v) is 8.75. The minimum Gasteiger partial charge on any atom is -0.310 e. The van der Waals surface area contributed by atoms with Crippen LogP contribution < -0.4 is 4.90 Å². The Morgan fingerprint density at radius 2 is 1.35 bits per heavy atom. The second kappa shape index (κ2) is 10.2. The summed E-state index contributed by atoms with van der Waals surface area (Å²) in [5.74, 6) is 0.475. The lowest BCUT2D eigenvalue weighted by Gasteiger charge is -2.29. The Balaban J connectivity index is 1.11. The standard InChI is InChI=1S/C47H35N/c1-47(2)42-28-34(37-24-20-33-19-18-31-12-8-13-32-21-26-41(37)46(33)45(31)32)22-25-39(42)40-27-23-36(29-43(40)47)48(35-14-4-3-5-15-35)44-17-9-11-30-10-6-7-16-38(30)44/h3-12,14-29,32H,13H2,1-2H3. The van der Waals surface area contributed by atoms with Gasteiger partial charge in [0.15, 0.2) is 0 Å². The van der Waals surface area contributed by atoms with E-state index in [-0.39, 0.29) is 5.41 Å². The fourth-order valence-electron chi connectivity index (χ4n) is 8.75. The number of allylic oxidation sites excluding steroid dienone is 2. The first kappa shape index (κ1) is 27.5. The number of hydrogen-bond donors (Lipinski definition) is 0. The summed E-state index contributed by atoms with van der Waals surface area (Å²) < 4.78 is 0. The van der Waals surface area contributed by atoms with Crippen LogP contribution in [0.25, 0.3) is 56.0 Å². The van der Waals surface area contributed by atoms with Gasteiger partial charge < -0.3 is 4.90 Å². The maximum atomic E-state index is 2.47. The molecule has 1 unspecified atom stereocenters. The molecule has 0 spiro atoms. The monoisotopic (exact) mass is 613 g/mol. The van der Waals surface area contributed by atoms with Crippen molar-refractivity contribution in [3.8, 4) is 22.3 Å². The van der Waals surface area contributed by atoms with Gasteiger partial charge >= 0.3 is 0 Å². The van der Waals surface area contributed by atoms with Gasteiger partial charge in [0, 0.05) is 28.1 Å². The Kier molecular flexibility index (Phi) is 5.82. The summed E-state index contributed by atoms with van der Waals surface area (Å²) in [7, 11) is 0. The molecule has 0 aliphatic heterocycles. The minimum atomic E-state index is -0.156. The first-order valence-corrected chi connectivity index (χ1v) is 17.1. The quantitative estimate of drug-likeness (QED) is 0.191. The highest BCUT2D eigenvalue weighted by molar-refractivity contribution is 6.04. The van der Waals surface area contributed by atoms with E-state index < -0.39 is 0 Å². The van der Waals surface area contributed by atoms with Crippen LogP contribution >= 0.6 is 0 Å². The van der Waals surface area contributed by atoms with E-state index >= 15 is 0 Å². The second-order valence-electron chi connectivity index (χ2n) is 14.1. The summed E-state index contributed by atoms with van der Waals surface area (Å²) in [5.41, 5.74) is 15.7. The number of hydrogen-bond acceptors (Lipinski definition) is 1. The van der Waals surface area contributed by atoms with Gasteiger partial charge in [-0.05, 0) is 109 Å². The van der Waals surface area contributed by atoms with E-state index in [1.807, 2.05) is 0 Å². The Morgan fingerprint density at radius 1 is 0.604 bits per heavy atom. The van der Waals surface area contributed by atoms with Gasteiger partial charge in [-0.1, -0.05) is 135 Å². The molecule has 0 N–H and O–H groups in total. The van der Waals surface area contributed by atoms with Crippen LogP contribution in [0.4, 0.5) is 17.1 Å². The van der Waals surface area contributed by atoms with E-state index in [1.54, 1.807) is 0 Å². The highest BCUT2D eigenvalue weighted by atomic mass is 15.1. The molecule has 3 aliphatic carbocycles. The molecule has 1 heteroatoms. The molecule has 10 rings (SSSR count). The topological polar surface area (TPSA) is 3.24 Å². The maximum Gasteiger partial charge on any atom is 0.0540 e. The van der Waals surface area contributed by atoms with Gasteiger partial charge in [0.2, 0.25) is 0 Å². The number of rotatable bonds is 4. The van der Waals surface area contributed by atoms with Crippen molar-refractivity contribution in [3.63, 3.8) is 0 Å². The summed E-state index contributed by atoms with van der Waals surface area (Å²) in [4.78, 5) is 2.42. The van der Waals surface area contributed by atoms with Gasteiger partial charge in [-0.25, -0.2) is 0 Å². The zero-order valence-corrected chi connectivity index (χ0v) is 27.2. The van der Waals surface area contributed by atoms with E-state index in [2.05, 4.69) is 177 Å². The molecule has 0 saturated carbocycles. The van der Waals surface area contributed by atoms with Crippen molar-refractivity contribution in [2.75, 3.05) is 4.90 Å². The van der Waals surface area contributed by atoms with Crippen LogP contribution in [0, 0.1) is 0 Å². The van der Waals surface area contributed by atoms with Crippen LogP contribution in [0.3, 0.4) is 0 Å². The van der Waals surface area contributed by atoms with Gasteiger partial charge in [0.05, 0.1) is 5.69 Å². The molecule has 228 valence electrons. The Morgan fingerprint density at radius 3 is 2.25 bits per heavy atom. The maximum absolute atomic E-state index is 2.47. The molecule has 7 aromatic carbocycles. The molecule has 0 bridgehead atoms. The third-order valence-corrected chi connectivity index (χ3v) is 11.1. The van der Waals surface area contributed by atoms with Crippen LogP contribution in [0.5, 0.6) is 0 Å².